The van der Waals surface area contributed by atoms with Crippen molar-refractivity contribution in [1.29, 1.82) is 0 Å². The summed E-state index contributed by atoms with van der Waals surface area (Å²) in [4.78, 5) is 4.34. The Morgan fingerprint density at radius 3 is 2.47 bits per heavy atom. The first-order valence-corrected chi connectivity index (χ1v) is 6.39. The van der Waals surface area contributed by atoms with E-state index >= 15 is 0 Å². The second-order valence-electron chi connectivity index (χ2n) is 4.91. The van der Waals surface area contributed by atoms with Gasteiger partial charge in [-0.25, -0.2) is 4.99 Å². The highest BCUT2D eigenvalue weighted by Crippen LogP contribution is 2.47. The molecule has 2 rings (SSSR count). The lowest BCUT2D eigenvalue weighted by Gasteiger charge is -2.47. The molecular formula is C11H20ClN5. The Bertz CT molecular complexity index is 359. The van der Waals surface area contributed by atoms with Crippen molar-refractivity contribution in [3.8, 4) is 0 Å². The van der Waals surface area contributed by atoms with Crippen LogP contribution >= 0.6 is 11.6 Å². The number of rotatable bonds is 2. The van der Waals surface area contributed by atoms with E-state index in [2.05, 4.69) is 10.3 Å². The smallest absolute Gasteiger partial charge is 0.214 e. The molecule has 0 aromatic heterocycles. The van der Waals surface area contributed by atoms with Gasteiger partial charge in [0.2, 0.25) is 5.12 Å². The molecule has 0 saturated heterocycles. The van der Waals surface area contributed by atoms with Gasteiger partial charge in [0.05, 0.1) is 5.70 Å². The number of amidine groups is 1. The van der Waals surface area contributed by atoms with Crippen LogP contribution in [0.3, 0.4) is 0 Å². The number of nitrogens with one attached hydrogen (secondary N) is 1. The molecule has 5 nitrogen and oxygen atoms in total. The summed E-state index contributed by atoms with van der Waals surface area (Å²) in [6, 6.07) is 0. The standard InChI is InChI=1S/C11H20ClN5/c12-11(16-6-8(14)9(15)17-11)10(7-13)4-2-1-3-5-10/h6,16H,1-5,7,13-14H2,(H2,15,17). The van der Waals surface area contributed by atoms with Crippen LogP contribution in [0.15, 0.2) is 16.9 Å². The van der Waals surface area contributed by atoms with Crippen LogP contribution < -0.4 is 22.5 Å². The van der Waals surface area contributed by atoms with Gasteiger partial charge in [0.1, 0.15) is 5.84 Å². The molecule has 0 bridgehead atoms. The highest BCUT2D eigenvalue weighted by Gasteiger charge is 2.51. The Balaban J connectivity index is 2.31. The Kier molecular flexibility index (Phi) is 3.23. The minimum atomic E-state index is -0.949. The molecule has 0 amide bonds. The molecule has 17 heavy (non-hydrogen) atoms. The quantitative estimate of drug-likeness (QED) is 0.428. The van der Waals surface area contributed by atoms with E-state index in [4.69, 9.17) is 28.8 Å². The van der Waals surface area contributed by atoms with Gasteiger partial charge in [-0.3, -0.25) is 0 Å². The molecule has 1 atom stereocenters. The number of halogens is 1. The zero-order valence-corrected chi connectivity index (χ0v) is 10.6. The van der Waals surface area contributed by atoms with E-state index < -0.39 is 5.12 Å². The molecule has 0 radical (unpaired) electrons. The largest absolute Gasteiger partial charge is 0.395 e. The number of hydrogen-bond acceptors (Lipinski definition) is 5. The van der Waals surface area contributed by atoms with E-state index in [1.165, 1.54) is 6.42 Å². The summed E-state index contributed by atoms with van der Waals surface area (Å²) >= 11 is 6.61. The van der Waals surface area contributed by atoms with Gasteiger partial charge in [-0.15, -0.1) is 0 Å². The van der Waals surface area contributed by atoms with E-state index in [0.717, 1.165) is 25.7 Å². The molecule has 1 aliphatic heterocycles. The molecule has 1 saturated carbocycles. The molecule has 6 heteroatoms. The third-order valence-electron chi connectivity index (χ3n) is 3.89. The van der Waals surface area contributed by atoms with Crippen LogP contribution in [0.5, 0.6) is 0 Å². The Morgan fingerprint density at radius 1 is 1.29 bits per heavy atom. The van der Waals surface area contributed by atoms with Crippen molar-refractivity contribution in [2.24, 2.45) is 27.6 Å². The van der Waals surface area contributed by atoms with Crippen LogP contribution in [0.2, 0.25) is 0 Å². The van der Waals surface area contributed by atoms with Crippen molar-refractivity contribution in [1.82, 2.24) is 5.32 Å². The first kappa shape index (κ1) is 12.5. The topological polar surface area (TPSA) is 102 Å². The SMILES string of the molecule is NCC1(C2(Cl)N=C(N)C(N)=CN2)CCCCC1. The lowest BCUT2D eigenvalue weighted by molar-refractivity contribution is 0.116. The molecule has 1 fully saturated rings. The zero-order chi connectivity index (χ0) is 12.5. The highest BCUT2D eigenvalue weighted by molar-refractivity contribution is 6.25. The Hall–Kier alpha value is -0.940. The third-order valence-corrected chi connectivity index (χ3v) is 4.49. The molecular weight excluding hydrogens is 238 g/mol. The fourth-order valence-corrected chi connectivity index (χ4v) is 3.09. The second-order valence-corrected chi connectivity index (χ2v) is 5.46. The Morgan fingerprint density at radius 2 is 1.94 bits per heavy atom. The maximum atomic E-state index is 6.61. The summed E-state index contributed by atoms with van der Waals surface area (Å²) in [7, 11) is 0. The van der Waals surface area contributed by atoms with Crippen molar-refractivity contribution in [2.45, 2.75) is 37.2 Å². The van der Waals surface area contributed by atoms with Gasteiger partial charge < -0.3 is 22.5 Å². The first-order valence-electron chi connectivity index (χ1n) is 6.01. The minimum Gasteiger partial charge on any atom is -0.395 e. The summed E-state index contributed by atoms with van der Waals surface area (Å²) in [6.07, 6.45) is 7.03. The monoisotopic (exact) mass is 257 g/mol. The van der Waals surface area contributed by atoms with Crippen LogP contribution in [0.4, 0.5) is 0 Å². The summed E-state index contributed by atoms with van der Waals surface area (Å²) in [5, 5.41) is 2.12. The number of nitrogens with two attached hydrogens (primary N) is 3. The van der Waals surface area contributed by atoms with E-state index in [0.29, 0.717) is 12.2 Å². The zero-order valence-electron chi connectivity index (χ0n) is 9.88. The minimum absolute atomic E-state index is 0.241. The van der Waals surface area contributed by atoms with Gasteiger partial charge in [0.15, 0.2) is 0 Å². The lowest BCUT2D eigenvalue weighted by atomic mass is 9.71. The highest BCUT2D eigenvalue weighted by atomic mass is 35.5. The summed E-state index contributed by atoms with van der Waals surface area (Å²) in [6.45, 7) is 0.494. The molecule has 0 aromatic rings. The van der Waals surface area contributed by atoms with Gasteiger partial charge in [-0.1, -0.05) is 30.9 Å². The van der Waals surface area contributed by atoms with E-state index in [9.17, 15) is 0 Å². The average molecular weight is 258 g/mol. The van der Waals surface area contributed by atoms with Crippen molar-refractivity contribution < 1.29 is 0 Å². The fraction of sp³-hybridized carbons (Fsp3) is 0.727. The van der Waals surface area contributed by atoms with Crippen molar-refractivity contribution in [3.05, 3.63) is 11.9 Å². The summed E-state index contributed by atoms with van der Waals surface area (Å²) in [5.74, 6) is 0.289. The molecule has 2 aliphatic rings. The summed E-state index contributed by atoms with van der Waals surface area (Å²) < 4.78 is 0. The van der Waals surface area contributed by atoms with E-state index in [-0.39, 0.29) is 11.3 Å². The average Bonchev–Trinajstić information content (AvgIpc) is 2.35. The molecule has 7 N–H and O–H groups in total. The van der Waals surface area contributed by atoms with Crippen LogP contribution in [0, 0.1) is 5.41 Å². The van der Waals surface area contributed by atoms with Crippen LogP contribution in [0.1, 0.15) is 32.1 Å². The van der Waals surface area contributed by atoms with E-state index in [1.807, 2.05) is 0 Å². The van der Waals surface area contributed by atoms with Gasteiger partial charge in [-0.05, 0) is 12.8 Å². The predicted molar refractivity (Wildman–Crippen MR) is 70.2 cm³/mol. The fourth-order valence-electron chi connectivity index (χ4n) is 2.68. The maximum absolute atomic E-state index is 6.61. The van der Waals surface area contributed by atoms with Crippen LogP contribution in [-0.4, -0.2) is 17.5 Å². The predicted octanol–water partition coefficient (Wildman–Crippen LogP) is 0.549. The third kappa shape index (κ3) is 1.98. The number of nitrogens with zero attached hydrogens (tertiary/aromatic N) is 1. The normalized spacial score (nSPS) is 32.4. The number of hydrogen-bond donors (Lipinski definition) is 4. The number of alkyl halides is 1. The van der Waals surface area contributed by atoms with Crippen LogP contribution in [-0.2, 0) is 0 Å². The Labute approximate surface area is 106 Å². The first-order chi connectivity index (χ1) is 8.03. The number of aliphatic imine (C=N–C) groups is 1. The summed E-state index contributed by atoms with van der Waals surface area (Å²) in [5.41, 5.74) is 17.6. The molecule has 1 aliphatic carbocycles. The van der Waals surface area contributed by atoms with Gasteiger partial charge in [0, 0.05) is 18.2 Å². The van der Waals surface area contributed by atoms with Crippen molar-refractivity contribution in [3.63, 3.8) is 0 Å². The van der Waals surface area contributed by atoms with Gasteiger partial charge in [0.25, 0.3) is 0 Å². The lowest BCUT2D eigenvalue weighted by Crippen LogP contribution is -2.58. The van der Waals surface area contributed by atoms with Crippen molar-refractivity contribution in [2.75, 3.05) is 6.54 Å². The van der Waals surface area contributed by atoms with Crippen molar-refractivity contribution >= 4 is 17.4 Å². The van der Waals surface area contributed by atoms with Gasteiger partial charge >= 0.3 is 0 Å². The maximum Gasteiger partial charge on any atom is 0.214 e. The van der Waals surface area contributed by atoms with Crippen LogP contribution in [0.25, 0.3) is 0 Å². The molecule has 0 aromatic carbocycles. The van der Waals surface area contributed by atoms with E-state index in [1.54, 1.807) is 6.20 Å². The molecule has 96 valence electrons. The molecule has 1 heterocycles. The molecule has 1 unspecified atom stereocenters. The second kappa shape index (κ2) is 4.38. The molecule has 0 spiro atoms. The van der Waals surface area contributed by atoms with Gasteiger partial charge in [-0.2, -0.15) is 0 Å².